The monoisotopic (exact) mass is 1410 g/mol. The van der Waals surface area contributed by atoms with Gasteiger partial charge in [-0.3, -0.25) is 37.3 Å². The van der Waals surface area contributed by atoms with Crippen LogP contribution < -0.4 is 0 Å². The van der Waals surface area contributed by atoms with Crippen LogP contribution in [0.4, 0.5) is 0 Å². The highest BCUT2D eigenvalue weighted by Crippen LogP contribution is 2.45. The number of unbranched alkanes of at least 4 members (excludes halogenated alkanes) is 38. The number of allylic oxidation sites excluding steroid dienone is 4. The number of ether oxygens (including phenoxy) is 4. The first kappa shape index (κ1) is 93.5. The molecule has 0 radical (unpaired) electrons. The van der Waals surface area contributed by atoms with Crippen molar-refractivity contribution in [3.8, 4) is 0 Å². The summed E-state index contributed by atoms with van der Waals surface area (Å²) in [4.78, 5) is 72.8. The standard InChI is InChI=1S/C77H146O17P2/c1-8-9-10-11-12-13-14-15-18-23-26-31-38-46-53-60-76(81)93-73(65-88-75(80)59-52-45-40-33-36-43-50-57-70(6)7)67-92-96(85,86)90-63-71(78)62-89-95(83,84)91-66-72(94-77(82)61-54-47-39-32-27-29-35-42-49-56-69(4)5)64-87-74(79)58-51-44-37-30-25-22-20-17-16-19-21-24-28-34-41-48-55-68(2)3/h13-15,18,68-73,78H,8-12,16-17,19-67H2,1-7H3,(H,83,84)(H,85,86)/b14-13-,18-15-/t71?,72-,73-/m1/s1. The van der Waals surface area contributed by atoms with Crippen molar-refractivity contribution >= 4 is 39.5 Å². The first-order valence-electron chi connectivity index (χ1n) is 39.2. The van der Waals surface area contributed by atoms with Crippen molar-refractivity contribution in [3.05, 3.63) is 24.3 Å². The maximum absolute atomic E-state index is 13.1. The highest BCUT2D eigenvalue weighted by Gasteiger charge is 2.30. The maximum Gasteiger partial charge on any atom is 0.472 e. The Labute approximate surface area is 586 Å². The number of esters is 4. The van der Waals surface area contributed by atoms with Crippen LogP contribution in [0.2, 0.25) is 0 Å². The molecule has 0 spiro atoms. The lowest BCUT2D eigenvalue weighted by Crippen LogP contribution is -2.30. The Morgan fingerprint density at radius 3 is 0.844 bits per heavy atom. The van der Waals surface area contributed by atoms with Crippen LogP contribution in [0.15, 0.2) is 24.3 Å². The molecule has 0 rings (SSSR count). The Kier molecular flexibility index (Phi) is 65.3. The number of carbonyl (C=O) groups is 4. The van der Waals surface area contributed by atoms with Gasteiger partial charge in [0.1, 0.15) is 19.3 Å². The minimum atomic E-state index is -4.96. The van der Waals surface area contributed by atoms with Crippen molar-refractivity contribution in [3.63, 3.8) is 0 Å². The van der Waals surface area contributed by atoms with Gasteiger partial charge in [0.2, 0.25) is 0 Å². The molecule has 0 aromatic heterocycles. The smallest absolute Gasteiger partial charge is 0.462 e. The molecular formula is C77H146O17P2. The Balaban J connectivity index is 5.24. The SMILES string of the molecule is CCCCCC/C=C\C=C/CCCCCCCC(=O)O[C@H](COC(=O)CCCCCCCCCC(C)C)COP(=O)(O)OCC(O)COP(=O)(O)OC[C@@H](COC(=O)CCCCCCCCCCCCCCCCCCC(C)C)OC(=O)CCCCCCCCCCCC(C)C. The lowest BCUT2D eigenvalue weighted by atomic mass is 10.0. The Hall–Kier alpha value is -2.46. The molecule has 0 bridgehead atoms. The van der Waals surface area contributed by atoms with Crippen molar-refractivity contribution in [1.29, 1.82) is 0 Å². The van der Waals surface area contributed by atoms with Crippen LogP contribution >= 0.6 is 15.6 Å². The molecule has 0 aliphatic heterocycles. The lowest BCUT2D eigenvalue weighted by Gasteiger charge is -2.21. The molecule has 0 aromatic carbocycles. The number of phosphoric acid groups is 2. The summed E-state index contributed by atoms with van der Waals surface area (Å²) < 4.78 is 68.5. The van der Waals surface area contributed by atoms with Gasteiger partial charge in [0.15, 0.2) is 12.2 Å². The van der Waals surface area contributed by atoms with Gasteiger partial charge in [-0.25, -0.2) is 9.13 Å². The number of phosphoric ester groups is 2. The minimum absolute atomic E-state index is 0.0840. The molecule has 19 heteroatoms. The van der Waals surface area contributed by atoms with Crippen molar-refractivity contribution < 1.29 is 80.2 Å². The largest absolute Gasteiger partial charge is 0.472 e. The molecule has 96 heavy (non-hydrogen) atoms. The minimum Gasteiger partial charge on any atom is -0.462 e. The van der Waals surface area contributed by atoms with E-state index in [1.165, 1.54) is 161 Å². The normalized spacial score (nSPS) is 14.2. The number of rotatable bonds is 73. The van der Waals surface area contributed by atoms with Crippen molar-refractivity contribution in [1.82, 2.24) is 0 Å². The van der Waals surface area contributed by atoms with E-state index in [1.807, 2.05) is 0 Å². The Morgan fingerprint density at radius 1 is 0.323 bits per heavy atom. The molecule has 566 valence electrons. The van der Waals surface area contributed by atoms with Crippen molar-refractivity contribution in [2.45, 2.75) is 388 Å². The van der Waals surface area contributed by atoms with Gasteiger partial charge in [0.25, 0.3) is 0 Å². The predicted octanol–water partition coefficient (Wildman–Crippen LogP) is 22.1. The summed E-state index contributed by atoms with van der Waals surface area (Å²) in [6, 6.07) is 0. The van der Waals surface area contributed by atoms with Crippen LogP contribution in [0.1, 0.15) is 370 Å². The van der Waals surface area contributed by atoms with Gasteiger partial charge in [-0.1, -0.05) is 317 Å². The molecule has 3 unspecified atom stereocenters. The average Bonchev–Trinajstić information content (AvgIpc) is 1.09. The van der Waals surface area contributed by atoms with E-state index in [9.17, 15) is 43.2 Å². The van der Waals surface area contributed by atoms with Crippen molar-refractivity contribution in [2.24, 2.45) is 17.8 Å². The highest BCUT2D eigenvalue weighted by atomic mass is 31.2. The number of aliphatic hydroxyl groups excluding tert-OH is 1. The van der Waals surface area contributed by atoms with Gasteiger partial charge in [0, 0.05) is 25.7 Å². The second-order valence-corrected chi connectivity index (χ2v) is 31.4. The summed E-state index contributed by atoms with van der Waals surface area (Å²) >= 11 is 0. The summed E-state index contributed by atoms with van der Waals surface area (Å²) in [6.45, 7) is 11.8. The highest BCUT2D eigenvalue weighted by molar-refractivity contribution is 7.47. The van der Waals surface area contributed by atoms with E-state index in [2.05, 4.69) is 72.8 Å². The lowest BCUT2D eigenvalue weighted by molar-refractivity contribution is -0.161. The first-order chi connectivity index (χ1) is 46.2. The van der Waals surface area contributed by atoms with Gasteiger partial charge >= 0.3 is 39.5 Å². The van der Waals surface area contributed by atoms with E-state index in [4.69, 9.17) is 37.0 Å². The molecule has 17 nitrogen and oxygen atoms in total. The molecule has 3 N–H and O–H groups in total. The molecule has 0 amide bonds. The van der Waals surface area contributed by atoms with Crippen LogP contribution in [-0.4, -0.2) is 96.7 Å². The third kappa shape index (κ3) is 70.0. The fraction of sp³-hybridized carbons (Fsp3) is 0.896. The van der Waals surface area contributed by atoms with Gasteiger partial charge in [0.05, 0.1) is 26.4 Å². The Morgan fingerprint density at radius 2 is 0.562 bits per heavy atom. The van der Waals surface area contributed by atoms with Gasteiger partial charge in [-0.2, -0.15) is 0 Å². The second kappa shape index (κ2) is 67.1. The Bertz CT molecular complexity index is 1960. The zero-order valence-corrected chi connectivity index (χ0v) is 64.1. The third-order valence-corrected chi connectivity index (χ3v) is 19.2. The van der Waals surface area contributed by atoms with Gasteiger partial charge in [-0.15, -0.1) is 0 Å². The molecule has 0 aliphatic rings. The van der Waals surface area contributed by atoms with E-state index < -0.39 is 97.5 Å². The van der Waals surface area contributed by atoms with Crippen LogP contribution in [0.3, 0.4) is 0 Å². The maximum atomic E-state index is 13.1. The zero-order valence-electron chi connectivity index (χ0n) is 62.3. The van der Waals surface area contributed by atoms with E-state index in [0.29, 0.717) is 31.6 Å². The summed E-state index contributed by atoms with van der Waals surface area (Å²) in [5, 5.41) is 10.6. The summed E-state index contributed by atoms with van der Waals surface area (Å²) in [6.07, 6.45) is 56.5. The number of aliphatic hydroxyl groups is 1. The van der Waals surface area contributed by atoms with Crippen LogP contribution in [0.5, 0.6) is 0 Å². The molecule has 5 atom stereocenters. The quantitative estimate of drug-likeness (QED) is 0.0169. The summed E-state index contributed by atoms with van der Waals surface area (Å²) in [5.41, 5.74) is 0. The zero-order chi connectivity index (χ0) is 70.9. The number of carbonyl (C=O) groups excluding carboxylic acids is 4. The van der Waals surface area contributed by atoms with Crippen molar-refractivity contribution in [2.75, 3.05) is 39.6 Å². The van der Waals surface area contributed by atoms with Gasteiger partial charge in [-0.05, 0) is 69.1 Å². The third-order valence-electron chi connectivity index (χ3n) is 17.3. The summed E-state index contributed by atoms with van der Waals surface area (Å²) in [5.74, 6) is 0.0986. The van der Waals surface area contributed by atoms with Gasteiger partial charge < -0.3 is 33.8 Å². The van der Waals surface area contributed by atoms with E-state index in [-0.39, 0.29) is 25.7 Å². The number of hydrogen-bond donors (Lipinski definition) is 3. The fourth-order valence-electron chi connectivity index (χ4n) is 11.2. The molecular weight excluding hydrogens is 1260 g/mol. The molecule has 0 saturated carbocycles. The summed E-state index contributed by atoms with van der Waals surface area (Å²) in [7, 11) is -9.93. The van der Waals surface area contributed by atoms with Crippen LogP contribution in [0, 0.1) is 17.8 Å². The predicted molar refractivity (Wildman–Crippen MR) is 390 cm³/mol. The fourth-order valence-corrected chi connectivity index (χ4v) is 12.8. The molecule has 0 fully saturated rings. The van der Waals surface area contributed by atoms with E-state index in [1.54, 1.807) is 0 Å². The van der Waals surface area contributed by atoms with E-state index >= 15 is 0 Å². The molecule has 0 saturated heterocycles. The second-order valence-electron chi connectivity index (χ2n) is 28.5. The van der Waals surface area contributed by atoms with E-state index in [0.717, 1.165) is 121 Å². The molecule has 0 aromatic rings. The topological polar surface area (TPSA) is 237 Å². The first-order valence-corrected chi connectivity index (χ1v) is 42.2. The molecule has 0 heterocycles. The van der Waals surface area contributed by atoms with Crippen LogP contribution in [-0.2, 0) is 65.4 Å². The average molecular weight is 1410 g/mol. The number of hydrogen-bond acceptors (Lipinski definition) is 15. The van der Waals surface area contributed by atoms with Crippen LogP contribution in [0.25, 0.3) is 0 Å². The molecule has 0 aliphatic carbocycles.